The molecule has 16 heteroatoms. The van der Waals surface area contributed by atoms with Crippen molar-refractivity contribution in [2.24, 2.45) is 15.3 Å². The number of benzene rings is 2. The zero-order valence-electron chi connectivity index (χ0n) is 15.1. The average Bonchev–Trinajstić information content (AvgIpc) is 3.02. The third-order valence-electron chi connectivity index (χ3n) is 3.93. The van der Waals surface area contributed by atoms with E-state index in [1.807, 2.05) is 0 Å². The number of carboxylic acid groups (broad SMARTS) is 1. The molecule has 1 atom stereocenters. The minimum absolute atomic E-state index is 0. The van der Waals surface area contributed by atoms with Gasteiger partial charge in [-0.15, -0.1) is 0 Å². The molecule has 0 spiro atoms. The van der Waals surface area contributed by atoms with Gasteiger partial charge in [-0.25, -0.2) is 4.79 Å². The second-order valence-electron chi connectivity index (χ2n) is 6.00. The summed E-state index contributed by atoms with van der Waals surface area (Å²) in [6.45, 7) is 0. The maximum Gasteiger partial charge on any atom is 0.355 e. The molecule has 1 aliphatic rings. The second-order valence-corrected chi connectivity index (χ2v) is 8.84. The summed E-state index contributed by atoms with van der Waals surface area (Å²) >= 11 is 0. The molecule has 1 amide bonds. The first-order chi connectivity index (χ1) is 14.4. The Labute approximate surface area is 191 Å². The summed E-state index contributed by atoms with van der Waals surface area (Å²) in [5.41, 5.74) is -0.561. The molecule has 2 aromatic carbocycles. The quantitative estimate of drug-likeness (QED) is 0.277. The standard InChI is InChI=1S/C16H12N4O9S2.Al.3H/c21-15-13(18-17-9-1-5-11(6-2-9)30(24,25)26)14(16(22)23)19-20(15)10-3-7-12(8-4-10)31(27,28)29;;;;/h1-8,13H,(H,22,23)(H,24,25,26)(H,27,28,29);;;;. The molecule has 0 aliphatic carbocycles. The normalized spacial score (nSPS) is 16.7. The SMILES string of the molecule is O=C(O)C1=NN(c2ccc(S(=O)(=O)O)cc2)C(=O)C1N=Nc1ccc(S(=O)(=O)O)cc1.[AlH3]. The van der Waals surface area contributed by atoms with Gasteiger partial charge < -0.3 is 5.11 Å². The summed E-state index contributed by atoms with van der Waals surface area (Å²) in [6, 6.07) is 7.07. The van der Waals surface area contributed by atoms with Crippen LogP contribution in [0.3, 0.4) is 0 Å². The van der Waals surface area contributed by atoms with Crippen molar-refractivity contribution in [1.29, 1.82) is 0 Å². The predicted molar refractivity (Wildman–Crippen MR) is 113 cm³/mol. The van der Waals surface area contributed by atoms with Gasteiger partial charge in [0, 0.05) is 0 Å². The summed E-state index contributed by atoms with van der Waals surface area (Å²) in [5.74, 6) is -2.44. The molecular formula is C16H15AlN4O9S2. The number of carboxylic acids is 1. The molecule has 1 aliphatic heterocycles. The molecule has 2 aromatic rings. The fourth-order valence-corrected chi connectivity index (χ4v) is 3.42. The molecule has 0 saturated carbocycles. The Morgan fingerprint density at radius 3 is 1.81 bits per heavy atom. The molecule has 0 radical (unpaired) electrons. The zero-order chi connectivity index (χ0) is 23.0. The largest absolute Gasteiger partial charge is 0.477 e. The van der Waals surface area contributed by atoms with Crippen LogP contribution in [0.4, 0.5) is 11.4 Å². The van der Waals surface area contributed by atoms with Gasteiger partial charge in [0.1, 0.15) is 0 Å². The number of azo groups is 1. The zero-order valence-corrected chi connectivity index (χ0v) is 16.7. The van der Waals surface area contributed by atoms with E-state index in [1.54, 1.807) is 0 Å². The van der Waals surface area contributed by atoms with E-state index in [0.29, 0.717) is 5.01 Å². The highest BCUT2D eigenvalue weighted by atomic mass is 32.2. The number of rotatable bonds is 6. The fourth-order valence-electron chi connectivity index (χ4n) is 2.46. The van der Waals surface area contributed by atoms with Crippen LogP contribution in [0.1, 0.15) is 0 Å². The lowest BCUT2D eigenvalue weighted by Crippen LogP contribution is -2.33. The van der Waals surface area contributed by atoms with Crippen molar-refractivity contribution in [1.82, 2.24) is 0 Å². The van der Waals surface area contributed by atoms with Gasteiger partial charge in [-0.2, -0.15) is 37.2 Å². The Kier molecular flexibility index (Phi) is 7.30. The van der Waals surface area contributed by atoms with Gasteiger partial charge in [0.15, 0.2) is 23.1 Å². The van der Waals surface area contributed by atoms with E-state index in [4.69, 9.17) is 9.11 Å². The van der Waals surface area contributed by atoms with E-state index in [0.717, 1.165) is 36.4 Å². The molecule has 1 unspecified atom stereocenters. The van der Waals surface area contributed by atoms with Crippen LogP contribution in [-0.4, -0.2) is 72.0 Å². The molecule has 0 fully saturated rings. The van der Waals surface area contributed by atoms with Crippen LogP contribution in [0.2, 0.25) is 0 Å². The number of nitrogens with zero attached hydrogens (tertiary/aromatic N) is 4. The third-order valence-corrected chi connectivity index (χ3v) is 5.67. The monoisotopic (exact) mass is 498 g/mol. The first-order valence-corrected chi connectivity index (χ1v) is 11.0. The predicted octanol–water partition coefficient (Wildman–Crippen LogP) is -0.0642. The maximum absolute atomic E-state index is 12.6. The third kappa shape index (κ3) is 5.43. The summed E-state index contributed by atoms with van der Waals surface area (Å²) in [6.07, 6.45) is 0. The lowest BCUT2D eigenvalue weighted by Gasteiger charge is -2.12. The van der Waals surface area contributed by atoms with Crippen LogP contribution < -0.4 is 5.01 Å². The molecule has 0 aromatic heterocycles. The molecule has 3 rings (SSSR count). The van der Waals surface area contributed by atoms with E-state index < -0.39 is 53.7 Å². The van der Waals surface area contributed by atoms with Gasteiger partial charge in [0.2, 0.25) is 6.04 Å². The van der Waals surface area contributed by atoms with Gasteiger partial charge in [-0.3, -0.25) is 13.9 Å². The van der Waals surface area contributed by atoms with E-state index >= 15 is 0 Å². The number of anilines is 1. The number of amides is 1. The molecule has 0 bridgehead atoms. The second kappa shape index (κ2) is 9.24. The topological polar surface area (TPSA) is 203 Å². The average molecular weight is 498 g/mol. The van der Waals surface area contributed by atoms with Crippen molar-refractivity contribution in [3.63, 3.8) is 0 Å². The molecule has 32 heavy (non-hydrogen) atoms. The van der Waals surface area contributed by atoms with Crippen molar-refractivity contribution >= 4 is 66.6 Å². The number of carbonyl (C=O) groups is 2. The first kappa shape index (κ1) is 25.3. The van der Waals surface area contributed by atoms with Gasteiger partial charge in [-0.1, -0.05) is 0 Å². The van der Waals surface area contributed by atoms with Crippen molar-refractivity contribution in [2.45, 2.75) is 15.8 Å². The molecule has 168 valence electrons. The number of hydrazone groups is 1. The highest BCUT2D eigenvalue weighted by molar-refractivity contribution is 7.86. The number of aliphatic carboxylic acids is 1. The van der Waals surface area contributed by atoms with Crippen LogP contribution in [0, 0.1) is 0 Å². The minimum Gasteiger partial charge on any atom is -0.477 e. The molecule has 13 nitrogen and oxygen atoms in total. The van der Waals surface area contributed by atoms with Crippen LogP contribution in [-0.2, 0) is 29.8 Å². The molecule has 1 heterocycles. The molecule has 3 N–H and O–H groups in total. The van der Waals surface area contributed by atoms with Gasteiger partial charge in [0.25, 0.3) is 26.1 Å². The van der Waals surface area contributed by atoms with Crippen molar-refractivity contribution in [2.75, 3.05) is 5.01 Å². The summed E-state index contributed by atoms with van der Waals surface area (Å²) in [5, 5.41) is 21.1. The Bertz CT molecular complexity index is 1320. The Hall–Kier alpha value is -3.00. The lowest BCUT2D eigenvalue weighted by molar-refractivity contribution is -0.130. The summed E-state index contributed by atoms with van der Waals surface area (Å²) in [4.78, 5) is 23.3. The van der Waals surface area contributed by atoms with Gasteiger partial charge in [-0.05, 0) is 48.5 Å². The summed E-state index contributed by atoms with van der Waals surface area (Å²) < 4.78 is 62.3. The van der Waals surface area contributed by atoms with E-state index in [1.165, 1.54) is 12.1 Å². The number of hydrogen-bond acceptors (Lipinski definition) is 9. The smallest absolute Gasteiger partial charge is 0.355 e. The van der Waals surface area contributed by atoms with Crippen LogP contribution in [0.5, 0.6) is 0 Å². The lowest BCUT2D eigenvalue weighted by atomic mass is 10.2. The van der Waals surface area contributed by atoms with Crippen molar-refractivity contribution in [3.05, 3.63) is 48.5 Å². The Morgan fingerprint density at radius 1 is 0.906 bits per heavy atom. The Morgan fingerprint density at radius 2 is 1.38 bits per heavy atom. The van der Waals surface area contributed by atoms with Gasteiger partial charge in [0.05, 0.1) is 21.2 Å². The number of hydrogen-bond donors (Lipinski definition) is 3. The van der Waals surface area contributed by atoms with Crippen LogP contribution >= 0.6 is 0 Å². The molecule has 0 saturated heterocycles. The molecular weight excluding hydrogens is 483 g/mol. The summed E-state index contributed by atoms with van der Waals surface area (Å²) in [7, 11) is -8.88. The van der Waals surface area contributed by atoms with Crippen LogP contribution in [0.25, 0.3) is 0 Å². The highest BCUT2D eigenvalue weighted by Gasteiger charge is 2.41. The van der Waals surface area contributed by atoms with Crippen molar-refractivity contribution in [3.8, 4) is 0 Å². The van der Waals surface area contributed by atoms with Crippen LogP contribution in [0.15, 0.2) is 73.7 Å². The Balaban J connectivity index is 0.00000363. The fraction of sp³-hybridized carbons (Fsp3) is 0.0625. The van der Waals surface area contributed by atoms with E-state index in [2.05, 4.69) is 15.3 Å². The van der Waals surface area contributed by atoms with Crippen molar-refractivity contribution < 1.29 is 40.6 Å². The first-order valence-electron chi connectivity index (χ1n) is 8.09. The maximum atomic E-state index is 12.6. The number of carbonyl (C=O) groups excluding carboxylic acids is 1. The van der Waals surface area contributed by atoms with E-state index in [9.17, 15) is 31.5 Å². The van der Waals surface area contributed by atoms with Gasteiger partial charge >= 0.3 is 5.97 Å². The highest BCUT2D eigenvalue weighted by Crippen LogP contribution is 2.25. The minimum atomic E-state index is -4.46. The van der Waals surface area contributed by atoms with E-state index in [-0.39, 0.29) is 28.7 Å².